The number of nitrogens with one attached hydrogen (secondary N) is 1. The standard InChI is InChI=1S/C26H25N3O4/c1-16-9-12-23(24(13-16)32-4)33-15-25(30)28-21-11-10-19(14-17(21)2)29-18(3)27-22-8-6-5-7-20(22)26(29)31/h5-14H,15H2,1-4H3,(H,28,30). The molecular formula is C26H25N3O4. The second-order valence-corrected chi connectivity index (χ2v) is 7.81. The van der Waals surface area contributed by atoms with Crippen LogP contribution in [0, 0.1) is 20.8 Å². The Morgan fingerprint density at radius 3 is 2.55 bits per heavy atom. The van der Waals surface area contributed by atoms with Gasteiger partial charge in [0.2, 0.25) is 0 Å². The van der Waals surface area contributed by atoms with E-state index in [9.17, 15) is 9.59 Å². The average molecular weight is 444 g/mol. The normalized spacial score (nSPS) is 10.8. The van der Waals surface area contributed by atoms with Crippen LogP contribution in [0.1, 0.15) is 17.0 Å². The smallest absolute Gasteiger partial charge is 0.265 e. The van der Waals surface area contributed by atoms with Gasteiger partial charge in [0.15, 0.2) is 18.1 Å². The van der Waals surface area contributed by atoms with Crippen molar-refractivity contribution in [2.24, 2.45) is 0 Å². The quantitative estimate of drug-likeness (QED) is 0.479. The van der Waals surface area contributed by atoms with Gasteiger partial charge in [-0.15, -0.1) is 0 Å². The van der Waals surface area contributed by atoms with Crippen LogP contribution in [0.3, 0.4) is 0 Å². The second-order valence-electron chi connectivity index (χ2n) is 7.81. The Morgan fingerprint density at radius 1 is 1.00 bits per heavy atom. The van der Waals surface area contributed by atoms with Crippen LogP contribution in [0.5, 0.6) is 11.5 Å². The van der Waals surface area contributed by atoms with Gasteiger partial charge in [0.1, 0.15) is 5.82 Å². The van der Waals surface area contributed by atoms with Gasteiger partial charge in [0.05, 0.1) is 23.7 Å². The first kappa shape index (κ1) is 22.1. The van der Waals surface area contributed by atoms with Crippen molar-refractivity contribution in [2.75, 3.05) is 19.0 Å². The third-order valence-corrected chi connectivity index (χ3v) is 5.36. The molecule has 0 atom stereocenters. The van der Waals surface area contributed by atoms with Crippen LogP contribution in [0.25, 0.3) is 16.6 Å². The lowest BCUT2D eigenvalue weighted by Gasteiger charge is -2.15. The molecule has 7 nitrogen and oxygen atoms in total. The highest BCUT2D eigenvalue weighted by Gasteiger charge is 2.13. The van der Waals surface area contributed by atoms with Crippen molar-refractivity contribution >= 4 is 22.5 Å². The lowest BCUT2D eigenvalue weighted by atomic mass is 10.1. The predicted octanol–water partition coefficient (Wildman–Crippen LogP) is 4.34. The van der Waals surface area contributed by atoms with E-state index in [1.165, 1.54) is 0 Å². The van der Waals surface area contributed by atoms with E-state index in [-0.39, 0.29) is 18.1 Å². The molecular weight excluding hydrogens is 418 g/mol. The number of aromatic nitrogens is 2. The van der Waals surface area contributed by atoms with Gasteiger partial charge >= 0.3 is 0 Å². The lowest BCUT2D eigenvalue weighted by Crippen LogP contribution is -2.23. The van der Waals surface area contributed by atoms with E-state index in [2.05, 4.69) is 10.3 Å². The highest BCUT2D eigenvalue weighted by atomic mass is 16.5. The summed E-state index contributed by atoms with van der Waals surface area (Å²) < 4.78 is 12.5. The van der Waals surface area contributed by atoms with Crippen molar-refractivity contribution in [1.29, 1.82) is 0 Å². The molecule has 1 aromatic heterocycles. The number of methoxy groups -OCH3 is 1. The fourth-order valence-electron chi connectivity index (χ4n) is 3.70. The highest BCUT2D eigenvalue weighted by molar-refractivity contribution is 5.92. The number of hydrogen-bond donors (Lipinski definition) is 1. The molecule has 33 heavy (non-hydrogen) atoms. The van der Waals surface area contributed by atoms with Gasteiger partial charge in [0, 0.05) is 5.69 Å². The molecule has 1 amide bonds. The summed E-state index contributed by atoms with van der Waals surface area (Å²) in [5, 5.41) is 3.42. The van der Waals surface area contributed by atoms with Gasteiger partial charge in [-0.1, -0.05) is 18.2 Å². The minimum absolute atomic E-state index is 0.130. The van der Waals surface area contributed by atoms with E-state index in [1.807, 2.05) is 50.2 Å². The number of hydrogen-bond acceptors (Lipinski definition) is 5. The summed E-state index contributed by atoms with van der Waals surface area (Å²) >= 11 is 0. The molecule has 0 aliphatic carbocycles. The van der Waals surface area contributed by atoms with Gasteiger partial charge in [-0.3, -0.25) is 14.2 Å². The zero-order chi connectivity index (χ0) is 23.5. The number of amides is 1. The molecule has 0 spiro atoms. The highest BCUT2D eigenvalue weighted by Crippen LogP contribution is 2.28. The maximum Gasteiger partial charge on any atom is 0.265 e. The molecule has 168 valence electrons. The number of rotatable bonds is 6. The fourth-order valence-corrected chi connectivity index (χ4v) is 3.70. The molecule has 0 aliphatic rings. The molecule has 0 fully saturated rings. The Kier molecular flexibility index (Phi) is 6.13. The van der Waals surface area contributed by atoms with Crippen LogP contribution < -0.4 is 20.3 Å². The number of anilines is 1. The molecule has 3 aromatic carbocycles. The second kappa shape index (κ2) is 9.16. The molecule has 4 aromatic rings. The number of carbonyl (C=O) groups excluding carboxylic acids is 1. The molecule has 0 bridgehead atoms. The maximum absolute atomic E-state index is 13.0. The predicted molar refractivity (Wildman–Crippen MR) is 129 cm³/mol. The van der Waals surface area contributed by atoms with Crippen molar-refractivity contribution in [3.8, 4) is 17.2 Å². The largest absolute Gasteiger partial charge is 0.493 e. The third kappa shape index (κ3) is 4.57. The maximum atomic E-state index is 13.0. The van der Waals surface area contributed by atoms with Crippen LogP contribution >= 0.6 is 0 Å². The Balaban J connectivity index is 1.52. The Hall–Kier alpha value is -4.13. The van der Waals surface area contributed by atoms with E-state index >= 15 is 0 Å². The van der Waals surface area contributed by atoms with E-state index < -0.39 is 0 Å². The molecule has 0 aliphatic heterocycles. The number of para-hydroxylation sites is 1. The van der Waals surface area contributed by atoms with Crippen molar-refractivity contribution < 1.29 is 14.3 Å². The summed E-state index contributed by atoms with van der Waals surface area (Å²) in [7, 11) is 1.56. The zero-order valence-electron chi connectivity index (χ0n) is 19.0. The summed E-state index contributed by atoms with van der Waals surface area (Å²) in [6.45, 7) is 5.47. The van der Waals surface area contributed by atoms with Gasteiger partial charge < -0.3 is 14.8 Å². The molecule has 4 rings (SSSR count). The van der Waals surface area contributed by atoms with Crippen LogP contribution in [0.2, 0.25) is 0 Å². The number of carbonyl (C=O) groups is 1. The molecule has 1 N–H and O–H groups in total. The summed E-state index contributed by atoms with van der Waals surface area (Å²) in [4.78, 5) is 30.1. The summed E-state index contributed by atoms with van der Waals surface area (Å²) in [6.07, 6.45) is 0. The Labute approximate surface area is 191 Å². The average Bonchev–Trinajstić information content (AvgIpc) is 2.80. The van der Waals surface area contributed by atoms with Crippen LogP contribution in [0.15, 0.2) is 65.5 Å². The van der Waals surface area contributed by atoms with Gasteiger partial charge in [-0.25, -0.2) is 4.98 Å². The van der Waals surface area contributed by atoms with E-state index in [4.69, 9.17) is 9.47 Å². The first-order valence-corrected chi connectivity index (χ1v) is 10.5. The summed E-state index contributed by atoms with van der Waals surface area (Å²) in [5.74, 6) is 1.38. The number of nitrogens with zero attached hydrogens (tertiary/aromatic N) is 2. The van der Waals surface area contributed by atoms with Crippen LogP contribution in [0.4, 0.5) is 5.69 Å². The molecule has 0 unspecified atom stereocenters. The van der Waals surface area contributed by atoms with Gasteiger partial charge in [-0.05, 0) is 74.4 Å². The third-order valence-electron chi connectivity index (χ3n) is 5.36. The molecule has 0 saturated heterocycles. The van der Waals surface area contributed by atoms with E-state index in [0.717, 1.165) is 11.1 Å². The lowest BCUT2D eigenvalue weighted by molar-refractivity contribution is -0.118. The first-order chi connectivity index (χ1) is 15.9. The topological polar surface area (TPSA) is 82.4 Å². The van der Waals surface area contributed by atoms with E-state index in [1.54, 1.807) is 42.9 Å². The van der Waals surface area contributed by atoms with Crippen molar-refractivity contribution in [2.45, 2.75) is 20.8 Å². The molecule has 1 heterocycles. The monoisotopic (exact) mass is 443 g/mol. The fraction of sp³-hybridized carbons (Fsp3) is 0.192. The number of benzene rings is 3. The van der Waals surface area contributed by atoms with Crippen LogP contribution in [-0.2, 0) is 4.79 Å². The molecule has 0 saturated carbocycles. The van der Waals surface area contributed by atoms with Crippen molar-refractivity contribution in [3.05, 3.63) is 88.0 Å². The van der Waals surface area contributed by atoms with Crippen molar-refractivity contribution in [1.82, 2.24) is 9.55 Å². The van der Waals surface area contributed by atoms with Crippen LogP contribution in [-0.4, -0.2) is 29.2 Å². The van der Waals surface area contributed by atoms with Crippen molar-refractivity contribution in [3.63, 3.8) is 0 Å². The summed E-state index contributed by atoms with van der Waals surface area (Å²) in [5.41, 5.74) is 3.72. The Morgan fingerprint density at radius 2 is 1.79 bits per heavy atom. The van der Waals surface area contributed by atoms with Gasteiger partial charge in [-0.2, -0.15) is 0 Å². The van der Waals surface area contributed by atoms with E-state index in [0.29, 0.717) is 39.6 Å². The number of ether oxygens (including phenoxy) is 2. The summed E-state index contributed by atoms with van der Waals surface area (Å²) in [6, 6.07) is 18.2. The Bertz CT molecular complexity index is 1410. The molecule has 7 heteroatoms. The minimum atomic E-state index is -0.297. The number of fused-ring (bicyclic) bond motifs is 1. The first-order valence-electron chi connectivity index (χ1n) is 10.5. The zero-order valence-corrected chi connectivity index (χ0v) is 19.0. The minimum Gasteiger partial charge on any atom is -0.493 e. The van der Waals surface area contributed by atoms with Gasteiger partial charge in [0.25, 0.3) is 11.5 Å². The SMILES string of the molecule is COc1cc(C)ccc1OCC(=O)Nc1ccc(-n2c(C)nc3ccccc3c2=O)cc1C. The number of aryl methyl sites for hydroxylation is 3. The molecule has 0 radical (unpaired) electrons.